The minimum Gasteiger partial charge on any atom is -0.493 e. The number of amides is 1. The Balaban J connectivity index is 1.94. The fourth-order valence-electron chi connectivity index (χ4n) is 2.37. The number of carbonyl (C=O) groups is 2. The highest BCUT2D eigenvalue weighted by molar-refractivity contribution is 6.31. The Morgan fingerprint density at radius 1 is 1.11 bits per heavy atom. The van der Waals surface area contributed by atoms with Gasteiger partial charge >= 0.3 is 5.97 Å². The molecular formula is C21H24ClNO5. The summed E-state index contributed by atoms with van der Waals surface area (Å²) in [5.74, 6) is -0.0900. The first kappa shape index (κ1) is 21.6. The molecule has 2 aromatic carbocycles. The van der Waals surface area contributed by atoms with Crippen molar-refractivity contribution in [1.82, 2.24) is 0 Å². The van der Waals surface area contributed by atoms with Gasteiger partial charge in [0.25, 0.3) is 5.91 Å². The SMILES string of the molecule is CCCCOc1ccc(C(=O)OCC(=O)Nc2cc(Cl)ccc2C)cc1OC. The van der Waals surface area contributed by atoms with Crippen LogP contribution in [0.25, 0.3) is 0 Å². The van der Waals surface area contributed by atoms with Gasteiger partial charge in [0.1, 0.15) is 0 Å². The predicted octanol–water partition coefficient (Wildman–Crippen LogP) is 4.63. The summed E-state index contributed by atoms with van der Waals surface area (Å²) in [7, 11) is 1.50. The first-order valence-corrected chi connectivity index (χ1v) is 9.36. The summed E-state index contributed by atoms with van der Waals surface area (Å²) >= 11 is 5.93. The third kappa shape index (κ3) is 6.16. The molecule has 28 heavy (non-hydrogen) atoms. The lowest BCUT2D eigenvalue weighted by atomic mass is 10.2. The van der Waals surface area contributed by atoms with Gasteiger partial charge < -0.3 is 19.5 Å². The van der Waals surface area contributed by atoms with E-state index in [-0.39, 0.29) is 5.56 Å². The first-order valence-electron chi connectivity index (χ1n) is 8.98. The summed E-state index contributed by atoms with van der Waals surface area (Å²) in [6.45, 7) is 4.07. The number of unbranched alkanes of at least 4 members (excludes halogenated alkanes) is 1. The van der Waals surface area contributed by atoms with E-state index in [1.165, 1.54) is 13.2 Å². The van der Waals surface area contributed by atoms with E-state index in [0.717, 1.165) is 18.4 Å². The smallest absolute Gasteiger partial charge is 0.338 e. The van der Waals surface area contributed by atoms with Crippen LogP contribution in [0.3, 0.4) is 0 Å². The summed E-state index contributed by atoms with van der Waals surface area (Å²) in [6.07, 6.45) is 1.94. The molecule has 1 N–H and O–H groups in total. The Bertz CT molecular complexity index is 838. The third-order valence-electron chi connectivity index (χ3n) is 3.96. The lowest BCUT2D eigenvalue weighted by Crippen LogP contribution is -2.21. The number of methoxy groups -OCH3 is 1. The van der Waals surface area contributed by atoms with E-state index in [0.29, 0.717) is 28.8 Å². The van der Waals surface area contributed by atoms with Crippen molar-refractivity contribution in [2.75, 3.05) is 25.6 Å². The molecule has 0 saturated carbocycles. The lowest BCUT2D eigenvalue weighted by Gasteiger charge is -2.12. The van der Waals surface area contributed by atoms with Gasteiger partial charge in [0.15, 0.2) is 18.1 Å². The summed E-state index contributed by atoms with van der Waals surface area (Å²) in [5.41, 5.74) is 1.70. The van der Waals surface area contributed by atoms with Crippen molar-refractivity contribution in [3.63, 3.8) is 0 Å². The topological polar surface area (TPSA) is 73.9 Å². The molecule has 0 fully saturated rings. The molecule has 0 saturated heterocycles. The fraction of sp³-hybridized carbons (Fsp3) is 0.333. The summed E-state index contributed by atoms with van der Waals surface area (Å²) in [4.78, 5) is 24.3. The van der Waals surface area contributed by atoms with Crippen LogP contribution in [0.5, 0.6) is 11.5 Å². The number of esters is 1. The van der Waals surface area contributed by atoms with Crippen molar-refractivity contribution in [2.45, 2.75) is 26.7 Å². The number of ether oxygens (including phenoxy) is 3. The summed E-state index contributed by atoms with van der Waals surface area (Å²) < 4.78 is 16.0. The highest BCUT2D eigenvalue weighted by Crippen LogP contribution is 2.28. The van der Waals surface area contributed by atoms with Gasteiger partial charge in [-0.15, -0.1) is 0 Å². The predicted molar refractivity (Wildman–Crippen MR) is 108 cm³/mol. The molecule has 0 aliphatic heterocycles. The number of hydrogen-bond acceptors (Lipinski definition) is 5. The summed E-state index contributed by atoms with van der Waals surface area (Å²) in [5, 5.41) is 3.18. The van der Waals surface area contributed by atoms with E-state index < -0.39 is 18.5 Å². The van der Waals surface area contributed by atoms with E-state index >= 15 is 0 Å². The van der Waals surface area contributed by atoms with Gasteiger partial charge in [-0.3, -0.25) is 4.79 Å². The number of aryl methyl sites for hydroxylation is 1. The molecule has 150 valence electrons. The lowest BCUT2D eigenvalue weighted by molar-refractivity contribution is -0.119. The number of anilines is 1. The number of nitrogens with one attached hydrogen (secondary N) is 1. The molecule has 2 aromatic rings. The molecule has 0 bridgehead atoms. The van der Waals surface area contributed by atoms with Gasteiger partial charge in [-0.05, 0) is 49.2 Å². The minimum absolute atomic E-state index is 0.270. The van der Waals surface area contributed by atoms with Crippen LogP contribution >= 0.6 is 11.6 Å². The second-order valence-electron chi connectivity index (χ2n) is 6.15. The van der Waals surface area contributed by atoms with Gasteiger partial charge in [-0.25, -0.2) is 4.79 Å². The van der Waals surface area contributed by atoms with E-state index in [1.54, 1.807) is 30.3 Å². The molecule has 0 radical (unpaired) electrons. The Kier molecular flexibility index (Phi) is 8.14. The largest absolute Gasteiger partial charge is 0.493 e. The Labute approximate surface area is 169 Å². The van der Waals surface area contributed by atoms with E-state index in [2.05, 4.69) is 12.2 Å². The van der Waals surface area contributed by atoms with Crippen LogP contribution in [-0.4, -0.2) is 32.2 Å². The molecule has 0 spiro atoms. The van der Waals surface area contributed by atoms with E-state index in [4.69, 9.17) is 25.8 Å². The molecule has 0 unspecified atom stereocenters. The van der Waals surface area contributed by atoms with E-state index in [9.17, 15) is 9.59 Å². The van der Waals surface area contributed by atoms with Gasteiger partial charge in [-0.1, -0.05) is 31.0 Å². The molecule has 0 heterocycles. The molecule has 0 aromatic heterocycles. The Morgan fingerprint density at radius 2 is 1.89 bits per heavy atom. The normalized spacial score (nSPS) is 10.3. The van der Waals surface area contributed by atoms with Crippen LogP contribution in [0.15, 0.2) is 36.4 Å². The standard InChI is InChI=1S/C21H24ClNO5/c1-4-5-10-27-18-9-7-15(11-19(18)26-3)21(25)28-13-20(24)23-17-12-16(22)8-6-14(17)2/h6-9,11-12H,4-5,10,13H2,1-3H3,(H,23,24). The Hall–Kier alpha value is -2.73. The average Bonchev–Trinajstić information content (AvgIpc) is 2.69. The summed E-state index contributed by atoms with van der Waals surface area (Å²) in [6, 6.07) is 9.92. The Morgan fingerprint density at radius 3 is 2.61 bits per heavy atom. The quantitative estimate of drug-likeness (QED) is 0.486. The second-order valence-corrected chi connectivity index (χ2v) is 6.59. The maximum Gasteiger partial charge on any atom is 0.338 e. The molecule has 6 nitrogen and oxygen atoms in total. The zero-order valence-corrected chi connectivity index (χ0v) is 17.0. The zero-order chi connectivity index (χ0) is 20.5. The molecule has 0 aliphatic carbocycles. The van der Waals surface area contributed by atoms with Crippen LogP contribution in [-0.2, 0) is 9.53 Å². The van der Waals surface area contributed by atoms with Crippen molar-refractivity contribution < 1.29 is 23.8 Å². The molecule has 7 heteroatoms. The van der Waals surface area contributed by atoms with Crippen molar-refractivity contribution in [3.05, 3.63) is 52.5 Å². The van der Waals surface area contributed by atoms with Crippen LogP contribution < -0.4 is 14.8 Å². The minimum atomic E-state index is -0.628. The fourth-order valence-corrected chi connectivity index (χ4v) is 2.54. The van der Waals surface area contributed by atoms with Gasteiger partial charge in [-0.2, -0.15) is 0 Å². The third-order valence-corrected chi connectivity index (χ3v) is 4.20. The molecule has 0 aliphatic rings. The highest BCUT2D eigenvalue weighted by Gasteiger charge is 2.14. The van der Waals surface area contributed by atoms with Crippen LogP contribution in [0.4, 0.5) is 5.69 Å². The molecular weight excluding hydrogens is 382 g/mol. The van der Waals surface area contributed by atoms with Crippen molar-refractivity contribution >= 4 is 29.2 Å². The van der Waals surface area contributed by atoms with Crippen molar-refractivity contribution in [1.29, 1.82) is 0 Å². The van der Waals surface area contributed by atoms with Crippen LogP contribution in [0.2, 0.25) is 5.02 Å². The monoisotopic (exact) mass is 405 g/mol. The number of benzene rings is 2. The van der Waals surface area contributed by atoms with E-state index in [1.807, 2.05) is 6.92 Å². The number of rotatable bonds is 9. The second kappa shape index (κ2) is 10.6. The molecule has 1 amide bonds. The van der Waals surface area contributed by atoms with Gasteiger partial charge in [0.2, 0.25) is 0 Å². The molecule has 2 rings (SSSR count). The van der Waals surface area contributed by atoms with Crippen LogP contribution in [0, 0.1) is 6.92 Å². The number of carbonyl (C=O) groups excluding carboxylic acids is 2. The van der Waals surface area contributed by atoms with Crippen molar-refractivity contribution in [2.24, 2.45) is 0 Å². The van der Waals surface area contributed by atoms with Gasteiger partial charge in [0.05, 0.1) is 19.3 Å². The highest BCUT2D eigenvalue weighted by atomic mass is 35.5. The zero-order valence-electron chi connectivity index (χ0n) is 16.2. The number of halogens is 1. The maximum atomic E-state index is 12.2. The average molecular weight is 406 g/mol. The maximum absolute atomic E-state index is 12.2. The first-order chi connectivity index (χ1) is 13.4. The number of hydrogen-bond donors (Lipinski definition) is 1. The van der Waals surface area contributed by atoms with Crippen LogP contribution in [0.1, 0.15) is 35.7 Å². The molecule has 0 atom stereocenters. The van der Waals surface area contributed by atoms with Gasteiger partial charge in [0, 0.05) is 10.7 Å². The van der Waals surface area contributed by atoms with Crippen molar-refractivity contribution in [3.8, 4) is 11.5 Å².